The Balaban J connectivity index is 1.63. The summed E-state index contributed by atoms with van der Waals surface area (Å²) in [5.74, 6) is 1.20. The van der Waals surface area contributed by atoms with Crippen LogP contribution in [0.25, 0.3) is 0 Å². The Morgan fingerprint density at radius 1 is 0.432 bits per heavy atom. The van der Waals surface area contributed by atoms with Gasteiger partial charge in [0.1, 0.15) is 0 Å². The standard InChI is InChI=1S/C42H56N2/c1-6-9-10-11-12-15-40(32-16-20-34(21-17-32)41(13-7-2)38-26-24-36(43)28-30(38)4)33-18-22-35(23-19-33)42(14-8-3)39-27-25-37(44)29-31(39)5/h16-29,40-42H,6-15,43-44H2,1-5H3. The fraction of sp³-hybridized carbons (Fsp3) is 0.429. The van der Waals surface area contributed by atoms with Crippen LogP contribution in [0.2, 0.25) is 0 Å². The normalized spacial score (nSPS) is 13.5. The highest BCUT2D eigenvalue weighted by Gasteiger charge is 2.20. The van der Waals surface area contributed by atoms with Crippen molar-refractivity contribution in [3.8, 4) is 0 Å². The maximum Gasteiger partial charge on any atom is 0.0316 e. The molecule has 4 aromatic rings. The molecule has 0 aliphatic heterocycles. The van der Waals surface area contributed by atoms with E-state index in [2.05, 4.69) is 120 Å². The van der Waals surface area contributed by atoms with E-state index in [0.717, 1.165) is 37.1 Å². The molecule has 4 rings (SSSR count). The minimum absolute atomic E-state index is 0.397. The van der Waals surface area contributed by atoms with E-state index < -0.39 is 0 Å². The van der Waals surface area contributed by atoms with E-state index >= 15 is 0 Å². The van der Waals surface area contributed by atoms with E-state index in [1.54, 1.807) is 0 Å². The molecule has 0 aromatic heterocycles. The van der Waals surface area contributed by atoms with Crippen LogP contribution in [0.4, 0.5) is 11.4 Å². The highest BCUT2D eigenvalue weighted by Crippen LogP contribution is 2.37. The first-order chi connectivity index (χ1) is 21.4. The Morgan fingerprint density at radius 3 is 1.18 bits per heavy atom. The van der Waals surface area contributed by atoms with E-state index in [0.29, 0.717) is 17.8 Å². The van der Waals surface area contributed by atoms with E-state index in [4.69, 9.17) is 11.5 Å². The molecule has 0 bridgehead atoms. The second kappa shape index (κ2) is 16.5. The zero-order valence-corrected chi connectivity index (χ0v) is 28.0. The Morgan fingerprint density at radius 2 is 0.818 bits per heavy atom. The van der Waals surface area contributed by atoms with Gasteiger partial charge < -0.3 is 11.5 Å². The van der Waals surface area contributed by atoms with Crippen LogP contribution in [0.5, 0.6) is 0 Å². The zero-order chi connectivity index (χ0) is 31.5. The first-order valence-electron chi connectivity index (χ1n) is 17.3. The molecule has 0 saturated heterocycles. The maximum absolute atomic E-state index is 6.09. The molecule has 2 heteroatoms. The fourth-order valence-corrected chi connectivity index (χ4v) is 7.16. The lowest BCUT2D eigenvalue weighted by molar-refractivity contribution is 0.580. The molecule has 4 N–H and O–H groups in total. The number of unbranched alkanes of at least 4 members (excludes halogenated alkanes) is 4. The van der Waals surface area contributed by atoms with Gasteiger partial charge >= 0.3 is 0 Å². The Labute approximate surface area is 268 Å². The smallest absolute Gasteiger partial charge is 0.0316 e. The molecule has 0 fully saturated rings. The monoisotopic (exact) mass is 588 g/mol. The summed E-state index contributed by atoms with van der Waals surface area (Å²) in [6, 6.07) is 32.0. The molecule has 0 saturated carbocycles. The molecule has 0 aliphatic carbocycles. The summed E-state index contributed by atoms with van der Waals surface area (Å²) in [4.78, 5) is 0. The van der Waals surface area contributed by atoms with Crippen molar-refractivity contribution in [2.24, 2.45) is 0 Å². The van der Waals surface area contributed by atoms with Gasteiger partial charge in [-0.1, -0.05) is 126 Å². The van der Waals surface area contributed by atoms with Crippen LogP contribution in [0.15, 0.2) is 84.9 Å². The molecule has 0 spiro atoms. The number of hydrogen-bond donors (Lipinski definition) is 2. The number of hydrogen-bond acceptors (Lipinski definition) is 2. The van der Waals surface area contributed by atoms with Crippen molar-refractivity contribution in [3.63, 3.8) is 0 Å². The van der Waals surface area contributed by atoms with Crippen LogP contribution >= 0.6 is 0 Å². The van der Waals surface area contributed by atoms with Crippen molar-refractivity contribution >= 4 is 11.4 Å². The Kier molecular flexibility index (Phi) is 12.5. The van der Waals surface area contributed by atoms with Gasteiger partial charge in [0.05, 0.1) is 0 Å². The number of nitrogen functional groups attached to an aromatic ring is 2. The topological polar surface area (TPSA) is 52.0 Å². The van der Waals surface area contributed by atoms with Gasteiger partial charge in [0.15, 0.2) is 0 Å². The molecule has 0 heterocycles. The van der Waals surface area contributed by atoms with Crippen molar-refractivity contribution in [3.05, 3.63) is 129 Å². The third-order valence-electron chi connectivity index (χ3n) is 9.57. The van der Waals surface area contributed by atoms with Crippen LogP contribution in [-0.2, 0) is 0 Å². The van der Waals surface area contributed by atoms with Crippen molar-refractivity contribution in [2.45, 2.75) is 117 Å². The second-order valence-corrected chi connectivity index (χ2v) is 13.0. The second-order valence-electron chi connectivity index (χ2n) is 13.0. The van der Waals surface area contributed by atoms with E-state index in [9.17, 15) is 0 Å². The molecule has 2 atom stereocenters. The van der Waals surface area contributed by atoms with Gasteiger partial charge in [0.25, 0.3) is 0 Å². The summed E-state index contributed by atoms with van der Waals surface area (Å²) in [7, 11) is 0. The van der Waals surface area contributed by atoms with E-state index in [1.165, 1.54) is 83.0 Å². The Hall–Kier alpha value is -3.52. The van der Waals surface area contributed by atoms with Gasteiger partial charge in [0.2, 0.25) is 0 Å². The zero-order valence-electron chi connectivity index (χ0n) is 28.0. The summed E-state index contributed by atoms with van der Waals surface area (Å²) >= 11 is 0. The van der Waals surface area contributed by atoms with Gasteiger partial charge in [-0.15, -0.1) is 0 Å². The number of benzene rings is 4. The molecule has 4 aromatic carbocycles. The number of anilines is 2. The maximum atomic E-state index is 6.09. The van der Waals surface area contributed by atoms with Crippen molar-refractivity contribution in [1.29, 1.82) is 0 Å². The summed E-state index contributed by atoms with van der Waals surface area (Å²) in [6.45, 7) is 11.3. The first-order valence-corrected chi connectivity index (χ1v) is 17.3. The quantitative estimate of drug-likeness (QED) is 0.101. The highest BCUT2D eigenvalue weighted by molar-refractivity contribution is 5.50. The third kappa shape index (κ3) is 8.56. The summed E-state index contributed by atoms with van der Waals surface area (Å²) in [6.07, 6.45) is 12.3. The third-order valence-corrected chi connectivity index (χ3v) is 9.57. The minimum atomic E-state index is 0.397. The van der Waals surface area contributed by atoms with Crippen LogP contribution in [0.3, 0.4) is 0 Å². The van der Waals surface area contributed by atoms with E-state index in [1.807, 2.05) is 0 Å². The number of rotatable bonds is 16. The predicted molar refractivity (Wildman–Crippen MR) is 193 cm³/mol. The van der Waals surface area contributed by atoms with Crippen LogP contribution in [-0.4, -0.2) is 0 Å². The van der Waals surface area contributed by atoms with Crippen LogP contribution in [0, 0.1) is 13.8 Å². The summed E-state index contributed by atoms with van der Waals surface area (Å²) in [5.41, 5.74) is 24.9. The lowest BCUT2D eigenvalue weighted by Gasteiger charge is -2.24. The average molecular weight is 589 g/mol. The fourth-order valence-electron chi connectivity index (χ4n) is 7.16. The van der Waals surface area contributed by atoms with E-state index in [-0.39, 0.29) is 0 Å². The molecule has 0 radical (unpaired) electrons. The molecule has 44 heavy (non-hydrogen) atoms. The summed E-state index contributed by atoms with van der Waals surface area (Å²) in [5, 5.41) is 0. The van der Waals surface area contributed by atoms with Crippen molar-refractivity contribution in [2.75, 3.05) is 11.5 Å². The Bertz CT molecular complexity index is 1330. The molecule has 2 unspecified atom stereocenters. The van der Waals surface area contributed by atoms with Gasteiger partial charge in [-0.05, 0) is 102 Å². The SMILES string of the molecule is CCCCCCCC(c1ccc(C(CCC)c2ccc(N)cc2C)cc1)c1ccc(C(CCC)c2ccc(N)cc2C)cc1. The van der Waals surface area contributed by atoms with Gasteiger partial charge in [0, 0.05) is 29.1 Å². The van der Waals surface area contributed by atoms with Crippen LogP contribution < -0.4 is 11.5 Å². The lowest BCUT2D eigenvalue weighted by Crippen LogP contribution is -2.07. The molecule has 234 valence electrons. The first kappa shape index (κ1) is 33.4. The van der Waals surface area contributed by atoms with Gasteiger partial charge in [-0.3, -0.25) is 0 Å². The molecule has 2 nitrogen and oxygen atoms in total. The molecule has 0 amide bonds. The molecule has 0 aliphatic rings. The number of aryl methyl sites for hydroxylation is 2. The molecular weight excluding hydrogens is 532 g/mol. The predicted octanol–water partition coefficient (Wildman–Crippen LogP) is 11.8. The molecular formula is C42H56N2. The average Bonchev–Trinajstić information content (AvgIpc) is 3.02. The van der Waals surface area contributed by atoms with Crippen LogP contribution in [0.1, 0.15) is 147 Å². The number of nitrogens with two attached hydrogens (primary N) is 2. The van der Waals surface area contributed by atoms with Gasteiger partial charge in [-0.2, -0.15) is 0 Å². The summed E-state index contributed by atoms with van der Waals surface area (Å²) < 4.78 is 0. The van der Waals surface area contributed by atoms with Crippen molar-refractivity contribution < 1.29 is 0 Å². The lowest BCUT2D eigenvalue weighted by atomic mass is 9.81. The highest BCUT2D eigenvalue weighted by atomic mass is 14.5. The minimum Gasteiger partial charge on any atom is -0.399 e. The van der Waals surface area contributed by atoms with Crippen molar-refractivity contribution in [1.82, 2.24) is 0 Å². The van der Waals surface area contributed by atoms with Gasteiger partial charge in [-0.25, -0.2) is 0 Å². The largest absolute Gasteiger partial charge is 0.399 e.